The van der Waals surface area contributed by atoms with Gasteiger partial charge in [-0.15, -0.1) is 12.4 Å². The van der Waals surface area contributed by atoms with E-state index in [0.29, 0.717) is 18.2 Å². The Morgan fingerprint density at radius 2 is 1.76 bits per heavy atom. The second kappa shape index (κ2) is 10.2. The fourth-order valence-electron chi connectivity index (χ4n) is 2.68. The Kier molecular flexibility index (Phi) is 8.97. The van der Waals surface area contributed by atoms with Gasteiger partial charge in [-0.05, 0) is 40.9 Å². The van der Waals surface area contributed by atoms with Gasteiger partial charge in [0.25, 0.3) is 5.91 Å². The number of carbonyl (C=O) groups is 1. The van der Waals surface area contributed by atoms with Gasteiger partial charge in [0.2, 0.25) is 0 Å². The molecular weight excluding hydrogens is 352 g/mol. The Bertz CT molecular complexity index is 434. The quantitative estimate of drug-likeness (QED) is 0.605. The molecule has 0 radical (unpaired) electrons. The minimum Gasteiger partial charge on any atom is -0.351 e. The standard InChI is InChI=1S/C16H23BrN2O.ClH/c17-15-10-6-5-9-14(15)16(20)19-12-11-18-13-7-3-1-2-4-8-13;/h5-6,9-10,13,18H,1-4,7-8,11-12H2,(H,19,20);1H. The summed E-state index contributed by atoms with van der Waals surface area (Å²) in [5.41, 5.74) is 0.696. The van der Waals surface area contributed by atoms with Gasteiger partial charge in [-0.1, -0.05) is 37.8 Å². The van der Waals surface area contributed by atoms with Crippen molar-refractivity contribution in [1.82, 2.24) is 10.6 Å². The van der Waals surface area contributed by atoms with Crippen molar-refractivity contribution in [3.63, 3.8) is 0 Å². The van der Waals surface area contributed by atoms with E-state index in [0.717, 1.165) is 11.0 Å². The third-order valence-corrected chi connectivity index (χ3v) is 4.51. The third-order valence-electron chi connectivity index (χ3n) is 3.82. The van der Waals surface area contributed by atoms with Crippen LogP contribution in [0.2, 0.25) is 0 Å². The maximum atomic E-state index is 12.0. The highest BCUT2D eigenvalue weighted by Crippen LogP contribution is 2.17. The summed E-state index contributed by atoms with van der Waals surface area (Å²) in [4.78, 5) is 12.0. The van der Waals surface area contributed by atoms with Crippen LogP contribution in [0.1, 0.15) is 48.9 Å². The van der Waals surface area contributed by atoms with Gasteiger partial charge in [0.15, 0.2) is 0 Å². The Morgan fingerprint density at radius 1 is 1.10 bits per heavy atom. The maximum absolute atomic E-state index is 12.0. The molecule has 21 heavy (non-hydrogen) atoms. The molecule has 1 saturated carbocycles. The van der Waals surface area contributed by atoms with Crippen LogP contribution in [0.5, 0.6) is 0 Å². The van der Waals surface area contributed by atoms with Crippen LogP contribution in [0.3, 0.4) is 0 Å². The average molecular weight is 376 g/mol. The highest BCUT2D eigenvalue weighted by atomic mass is 79.9. The summed E-state index contributed by atoms with van der Waals surface area (Å²) in [7, 11) is 0. The Hall–Kier alpha value is -0.580. The number of carbonyl (C=O) groups excluding carboxylic acids is 1. The number of halogens is 2. The van der Waals surface area contributed by atoms with Crippen molar-refractivity contribution in [2.45, 2.75) is 44.6 Å². The monoisotopic (exact) mass is 374 g/mol. The van der Waals surface area contributed by atoms with Crippen LogP contribution in [0.4, 0.5) is 0 Å². The second-order valence-electron chi connectivity index (χ2n) is 5.38. The molecule has 1 amide bonds. The predicted octanol–water partition coefficient (Wildman–Crippen LogP) is 3.91. The predicted molar refractivity (Wildman–Crippen MR) is 93.2 cm³/mol. The van der Waals surface area contributed by atoms with E-state index < -0.39 is 0 Å². The molecule has 0 unspecified atom stereocenters. The summed E-state index contributed by atoms with van der Waals surface area (Å²) >= 11 is 3.40. The largest absolute Gasteiger partial charge is 0.351 e. The summed E-state index contributed by atoms with van der Waals surface area (Å²) in [6.07, 6.45) is 7.96. The number of hydrogen-bond acceptors (Lipinski definition) is 2. The van der Waals surface area contributed by atoms with Gasteiger partial charge < -0.3 is 10.6 Å². The molecule has 1 aromatic carbocycles. The van der Waals surface area contributed by atoms with Gasteiger partial charge in [-0.2, -0.15) is 0 Å². The van der Waals surface area contributed by atoms with E-state index in [4.69, 9.17) is 0 Å². The molecule has 0 bridgehead atoms. The number of hydrogen-bond donors (Lipinski definition) is 2. The molecule has 2 rings (SSSR count). The summed E-state index contributed by atoms with van der Waals surface area (Å²) in [6.45, 7) is 1.53. The van der Waals surface area contributed by atoms with Crippen molar-refractivity contribution in [2.75, 3.05) is 13.1 Å². The van der Waals surface area contributed by atoms with Crippen molar-refractivity contribution < 1.29 is 4.79 Å². The molecule has 0 heterocycles. The van der Waals surface area contributed by atoms with E-state index in [9.17, 15) is 4.79 Å². The van der Waals surface area contributed by atoms with Crippen molar-refractivity contribution in [3.05, 3.63) is 34.3 Å². The lowest BCUT2D eigenvalue weighted by Gasteiger charge is -2.16. The maximum Gasteiger partial charge on any atom is 0.252 e. The molecule has 3 nitrogen and oxygen atoms in total. The van der Waals surface area contributed by atoms with Crippen molar-refractivity contribution in [1.29, 1.82) is 0 Å². The Labute approximate surface area is 141 Å². The molecule has 0 aromatic heterocycles. The first-order valence-corrected chi connectivity index (χ1v) is 8.33. The molecule has 5 heteroatoms. The van der Waals surface area contributed by atoms with Crippen molar-refractivity contribution >= 4 is 34.2 Å². The normalized spacial score (nSPS) is 15.9. The van der Waals surface area contributed by atoms with Gasteiger partial charge in [0.1, 0.15) is 0 Å². The van der Waals surface area contributed by atoms with Gasteiger partial charge in [-0.3, -0.25) is 4.79 Å². The first kappa shape index (κ1) is 18.5. The van der Waals surface area contributed by atoms with Gasteiger partial charge in [0.05, 0.1) is 5.56 Å². The molecule has 1 aromatic rings. The molecule has 1 fully saturated rings. The van der Waals surface area contributed by atoms with Crippen LogP contribution in [-0.4, -0.2) is 25.0 Å². The highest BCUT2D eigenvalue weighted by Gasteiger charge is 2.12. The first-order chi connectivity index (χ1) is 9.77. The molecule has 0 saturated heterocycles. The number of benzene rings is 1. The summed E-state index contributed by atoms with van der Waals surface area (Å²) < 4.78 is 0.842. The molecule has 1 aliphatic rings. The van der Waals surface area contributed by atoms with E-state index in [1.54, 1.807) is 0 Å². The lowest BCUT2D eigenvalue weighted by Crippen LogP contribution is -2.36. The second-order valence-corrected chi connectivity index (χ2v) is 6.23. The van der Waals surface area contributed by atoms with Crippen molar-refractivity contribution in [2.24, 2.45) is 0 Å². The fourth-order valence-corrected chi connectivity index (χ4v) is 3.14. The molecule has 0 spiro atoms. The molecular formula is C16H24BrClN2O. The molecule has 0 atom stereocenters. The van der Waals surface area contributed by atoms with E-state index in [-0.39, 0.29) is 18.3 Å². The van der Waals surface area contributed by atoms with Crippen LogP contribution in [-0.2, 0) is 0 Å². The van der Waals surface area contributed by atoms with E-state index >= 15 is 0 Å². The van der Waals surface area contributed by atoms with Gasteiger partial charge in [-0.25, -0.2) is 0 Å². The minimum atomic E-state index is -0.0138. The van der Waals surface area contributed by atoms with Crippen LogP contribution in [0.15, 0.2) is 28.7 Å². The number of nitrogens with one attached hydrogen (secondary N) is 2. The Morgan fingerprint density at radius 3 is 2.43 bits per heavy atom. The lowest BCUT2D eigenvalue weighted by atomic mass is 10.1. The first-order valence-electron chi connectivity index (χ1n) is 7.53. The van der Waals surface area contributed by atoms with E-state index in [1.165, 1.54) is 38.5 Å². The highest BCUT2D eigenvalue weighted by molar-refractivity contribution is 9.10. The topological polar surface area (TPSA) is 41.1 Å². The SMILES string of the molecule is Cl.O=C(NCCNC1CCCCCC1)c1ccccc1Br. The zero-order chi connectivity index (χ0) is 14.2. The third kappa shape index (κ3) is 6.37. The van der Waals surface area contributed by atoms with Crippen LogP contribution >= 0.6 is 28.3 Å². The Balaban J connectivity index is 0.00000220. The zero-order valence-electron chi connectivity index (χ0n) is 12.2. The van der Waals surface area contributed by atoms with Crippen LogP contribution in [0, 0.1) is 0 Å². The molecule has 1 aliphatic carbocycles. The zero-order valence-corrected chi connectivity index (χ0v) is 14.6. The minimum absolute atomic E-state index is 0. The molecule has 118 valence electrons. The van der Waals surface area contributed by atoms with Gasteiger partial charge >= 0.3 is 0 Å². The van der Waals surface area contributed by atoms with E-state index in [2.05, 4.69) is 26.6 Å². The smallest absolute Gasteiger partial charge is 0.252 e. The fraction of sp³-hybridized carbons (Fsp3) is 0.562. The summed E-state index contributed by atoms with van der Waals surface area (Å²) in [5.74, 6) is -0.0138. The van der Waals surface area contributed by atoms with Crippen LogP contribution < -0.4 is 10.6 Å². The average Bonchev–Trinajstić information content (AvgIpc) is 2.72. The summed E-state index contributed by atoms with van der Waals surface area (Å²) in [5, 5.41) is 6.52. The molecule has 0 aliphatic heterocycles. The summed E-state index contributed by atoms with van der Waals surface area (Å²) in [6, 6.07) is 8.15. The number of amides is 1. The number of rotatable bonds is 5. The van der Waals surface area contributed by atoms with Crippen molar-refractivity contribution in [3.8, 4) is 0 Å². The van der Waals surface area contributed by atoms with Gasteiger partial charge in [0, 0.05) is 23.6 Å². The van der Waals surface area contributed by atoms with E-state index in [1.807, 2.05) is 24.3 Å². The lowest BCUT2D eigenvalue weighted by molar-refractivity contribution is 0.0952. The molecule has 2 N–H and O–H groups in total. The van der Waals surface area contributed by atoms with Crippen LogP contribution in [0.25, 0.3) is 0 Å².